The number of hydrogen-bond donors (Lipinski definition) is 2. The van der Waals surface area contributed by atoms with Crippen LogP contribution in [0.4, 0.5) is 5.69 Å². The highest BCUT2D eigenvalue weighted by Crippen LogP contribution is 2.28. The van der Waals surface area contributed by atoms with Gasteiger partial charge in [-0.1, -0.05) is 96.1 Å². The Kier molecular flexibility index (Phi) is 21.2. The molecule has 4 nitrogen and oxygen atoms in total. The molecule has 6 heteroatoms. The Bertz CT molecular complexity index is 669. The maximum Gasteiger partial charge on any atom is 0.303 e. The van der Waals surface area contributed by atoms with E-state index in [0.29, 0.717) is 12.8 Å². The van der Waals surface area contributed by atoms with E-state index in [-0.39, 0.29) is 12.3 Å². The molecule has 0 aliphatic rings. The van der Waals surface area contributed by atoms with Crippen molar-refractivity contribution >= 4 is 41.1 Å². The third kappa shape index (κ3) is 19.7. The van der Waals surface area contributed by atoms with Gasteiger partial charge in [0.2, 0.25) is 5.91 Å². The molecule has 200 valence electrons. The molecule has 1 rings (SSSR count). The molecular weight excluding hydrogens is 474 g/mol. The predicted octanol–water partition coefficient (Wildman–Crippen LogP) is 9.19. The summed E-state index contributed by atoms with van der Waals surface area (Å²) in [5, 5.41) is 11.8. The quantitative estimate of drug-likeness (QED) is 0.104. The van der Waals surface area contributed by atoms with Crippen LogP contribution in [0.2, 0.25) is 0 Å². The normalized spacial score (nSPS) is 11.0. The molecule has 0 aliphatic heterocycles. The van der Waals surface area contributed by atoms with Crippen LogP contribution in [0, 0.1) is 0 Å². The molecule has 0 aliphatic carbocycles. The Hall–Kier alpha value is -1.14. The molecular formula is C29H49NO3S2. The van der Waals surface area contributed by atoms with Gasteiger partial charge in [-0.15, -0.1) is 11.8 Å². The van der Waals surface area contributed by atoms with Crippen molar-refractivity contribution in [3.63, 3.8) is 0 Å². The fourth-order valence-corrected chi connectivity index (χ4v) is 5.72. The minimum absolute atomic E-state index is 0.0726. The smallest absolute Gasteiger partial charge is 0.303 e. The molecule has 1 aromatic rings. The lowest BCUT2D eigenvalue weighted by atomic mass is 10.0. The largest absolute Gasteiger partial charge is 0.481 e. The van der Waals surface area contributed by atoms with Crippen LogP contribution >= 0.6 is 23.5 Å². The van der Waals surface area contributed by atoms with E-state index >= 15 is 0 Å². The Balaban J connectivity index is 1.95. The maximum absolute atomic E-state index is 12.3. The summed E-state index contributed by atoms with van der Waals surface area (Å²) in [6, 6.07) is 7.78. The second kappa shape index (κ2) is 23.3. The first kappa shape index (κ1) is 31.9. The lowest BCUT2D eigenvalue weighted by molar-refractivity contribution is -0.137. The highest BCUT2D eigenvalue weighted by atomic mass is 32.2. The Morgan fingerprint density at radius 2 is 1.26 bits per heavy atom. The first-order valence-corrected chi connectivity index (χ1v) is 16.1. The van der Waals surface area contributed by atoms with Gasteiger partial charge in [0, 0.05) is 17.7 Å². The van der Waals surface area contributed by atoms with Crippen molar-refractivity contribution in [2.45, 2.75) is 121 Å². The number of aliphatic carboxylic acids is 1. The van der Waals surface area contributed by atoms with E-state index in [1.54, 1.807) is 11.8 Å². The number of anilines is 1. The fraction of sp³-hybridized carbons (Fsp3) is 0.724. The van der Waals surface area contributed by atoms with Crippen LogP contribution in [-0.4, -0.2) is 34.2 Å². The van der Waals surface area contributed by atoms with Crippen molar-refractivity contribution in [2.24, 2.45) is 0 Å². The van der Waals surface area contributed by atoms with E-state index in [9.17, 15) is 9.59 Å². The van der Waals surface area contributed by atoms with Gasteiger partial charge in [-0.25, -0.2) is 0 Å². The molecule has 0 fully saturated rings. The third-order valence-corrected chi connectivity index (χ3v) is 8.25. The van der Waals surface area contributed by atoms with Gasteiger partial charge in [0.15, 0.2) is 0 Å². The van der Waals surface area contributed by atoms with Crippen molar-refractivity contribution in [2.75, 3.05) is 22.6 Å². The van der Waals surface area contributed by atoms with Gasteiger partial charge in [-0.3, -0.25) is 9.59 Å². The number of nitrogens with one attached hydrogen (secondary N) is 1. The highest BCUT2D eigenvalue weighted by molar-refractivity contribution is 7.99. The van der Waals surface area contributed by atoms with Crippen molar-refractivity contribution in [1.82, 2.24) is 0 Å². The molecule has 35 heavy (non-hydrogen) atoms. The number of unbranched alkanes of at least 4 members (excludes halogenated alkanes) is 13. The van der Waals surface area contributed by atoms with Gasteiger partial charge in [0.1, 0.15) is 0 Å². The van der Waals surface area contributed by atoms with E-state index in [1.165, 1.54) is 88.6 Å². The number of carboxylic acids is 1. The highest BCUT2D eigenvalue weighted by Gasteiger charge is 2.07. The number of carbonyl (C=O) groups is 2. The van der Waals surface area contributed by atoms with Crippen LogP contribution in [0.25, 0.3) is 0 Å². The van der Waals surface area contributed by atoms with E-state index in [4.69, 9.17) is 5.11 Å². The number of benzene rings is 1. The van der Waals surface area contributed by atoms with Gasteiger partial charge < -0.3 is 10.4 Å². The molecule has 2 N–H and O–H groups in total. The number of thioether (sulfide) groups is 2. The first-order chi connectivity index (χ1) is 17.1. The molecule has 0 aromatic heterocycles. The summed E-state index contributed by atoms with van der Waals surface area (Å²) in [5.41, 5.74) is 0.837. The van der Waals surface area contributed by atoms with E-state index in [0.717, 1.165) is 29.2 Å². The number of amides is 1. The van der Waals surface area contributed by atoms with Crippen molar-refractivity contribution < 1.29 is 14.7 Å². The summed E-state index contributed by atoms with van der Waals surface area (Å²) in [6.45, 7) is 2.24. The zero-order chi connectivity index (χ0) is 25.4. The van der Waals surface area contributed by atoms with Gasteiger partial charge in [-0.05, 0) is 48.7 Å². The zero-order valence-corrected chi connectivity index (χ0v) is 23.7. The van der Waals surface area contributed by atoms with E-state index in [2.05, 4.69) is 24.0 Å². The lowest BCUT2D eigenvalue weighted by Gasteiger charge is -2.10. The number of carboxylic acid groups (broad SMARTS) is 1. The molecule has 0 unspecified atom stereocenters. The van der Waals surface area contributed by atoms with Crippen LogP contribution in [-0.2, 0) is 9.59 Å². The summed E-state index contributed by atoms with van der Waals surface area (Å²) >= 11 is 3.67. The summed E-state index contributed by atoms with van der Waals surface area (Å²) < 4.78 is 0. The lowest BCUT2D eigenvalue weighted by Crippen LogP contribution is -2.11. The predicted molar refractivity (Wildman–Crippen MR) is 155 cm³/mol. The molecule has 0 spiro atoms. The van der Waals surface area contributed by atoms with Gasteiger partial charge in [-0.2, -0.15) is 11.8 Å². The monoisotopic (exact) mass is 523 g/mol. The summed E-state index contributed by atoms with van der Waals surface area (Å²) in [7, 11) is 0. The second-order valence-electron chi connectivity index (χ2n) is 9.29. The Labute approximate surface area is 223 Å². The summed E-state index contributed by atoms with van der Waals surface area (Å²) in [5.74, 6) is 2.64. The van der Waals surface area contributed by atoms with Crippen molar-refractivity contribution in [3.05, 3.63) is 24.3 Å². The minimum atomic E-state index is -0.763. The van der Waals surface area contributed by atoms with E-state index in [1.807, 2.05) is 24.3 Å². The summed E-state index contributed by atoms with van der Waals surface area (Å²) in [4.78, 5) is 24.0. The first-order valence-electron chi connectivity index (χ1n) is 13.9. The maximum atomic E-state index is 12.3. The minimum Gasteiger partial charge on any atom is -0.481 e. The van der Waals surface area contributed by atoms with Crippen molar-refractivity contribution in [1.29, 1.82) is 0 Å². The molecule has 0 atom stereocenters. The SMILES string of the molecule is CCSCCCCCCCCCCCCCCCCC(=O)Nc1ccccc1SCCCC(=O)O. The molecule has 0 saturated carbocycles. The topological polar surface area (TPSA) is 66.4 Å². The molecule has 0 bridgehead atoms. The molecule has 1 aromatic carbocycles. The van der Waals surface area contributed by atoms with Crippen LogP contribution in [0.1, 0.15) is 116 Å². The van der Waals surface area contributed by atoms with Gasteiger partial charge in [0.25, 0.3) is 0 Å². The Morgan fingerprint density at radius 1 is 0.714 bits per heavy atom. The fourth-order valence-electron chi connectivity index (χ4n) is 4.07. The standard InChI is InChI=1S/C29H49NO3S2/c1-2-34-24-18-14-12-10-8-6-4-3-5-7-9-11-13-15-22-28(31)30-26-20-16-17-21-27(26)35-25-19-23-29(32)33/h16-17,20-21H,2-15,18-19,22-25H2,1H3,(H,30,31)(H,32,33). The van der Waals surface area contributed by atoms with E-state index < -0.39 is 5.97 Å². The molecule has 0 saturated heterocycles. The molecule has 0 heterocycles. The van der Waals surface area contributed by atoms with Gasteiger partial charge in [0.05, 0.1) is 5.69 Å². The molecule has 0 radical (unpaired) electrons. The number of hydrogen-bond acceptors (Lipinski definition) is 4. The zero-order valence-electron chi connectivity index (χ0n) is 22.0. The van der Waals surface area contributed by atoms with Gasteiger partial charge >= 0.3 is 5.97 Å². The van der Waals surface area contributed by atoms with Crippen LogP contribution in [0.15, 0.2) is 29.2 Å². The van der Waals surface area contributed by atoms with Crippen molar-refractivity contribution in [3.8, 4) is 0 Å². The number of para-hydroxylation sites is 1. The average molecular weight is 524 g/mol. The second-order valence-corrected chi connectivity index (χ2v) is 11.8. The number of rotatable bonds is 24. The van der Waals surface area contributed by atoms with Crippen LogP contribution in [0.5, 0.6) is 0 Å². The van der Waals surface area contributed by atoms with Crippen LogP contribution < -0.4 is 5.32 Å². The average Bonchev–Trinajstić information content (AvgIpc) is 2.84. The van der Waals surface area contributed by atoms with Crippen LogP contribution in [0.3, 0.4) is 0 Å². The molecule has 1 amide bonds. The summed E-state index contributed by atoms with van der Waals surface area (Å²) in [6.07, 6.45) is 19.9. The third-order valence-electron chi connectivity index (χ3n) is 6.10. The Morgan fingerprint density at radius 3 is 1.83 bits per heavy atom. The number of carbonyl (C=O) groups excluding carboxylic acids is 1.